The Hall–Kier alpha value is -0.600. The van der Waals surface area contributed by atoms with E-state index in [-0.39, 0.29) is 0 Å². The fraction of sp³-hybridized carbons (Fsp3) is 0.429. The predicted octanol–water partition coefficient (Wildman–Crippen LogP) is 4.46. The Morgan fingerprint density at radius 1 is 1.38 bits per heavy atom. The van der Waals surface area contributed by atoms with Crippen LogP contribution in [0.15, 0.2) is 40.4 Å². The summed E-state index contributed by atoms with van der Waals surface area (Å²) in [7, 11) is 0. The van der Waals surface area contributed by atoms with Crippen LogP contribution in [0, 0.1) is 0 Å². The summed E-state index contributed by atoms with van der Waals surface area (Å²) >= 11 is 3.61. The van der Waals surface area contributed by atoms with E-state index in [1.54, 1.807) is 0 Å². The number of hydrogen-bond acceptors (Lipinski definition) is 1. The van der Waals surface area contributed by atoms with E-state index in [0.717, 1.165) is 13.0 Å². The van der Waals surface area contributed by atoms with Crippen LogP contribution in [-0.2, 0) is 0 Å². The minimum absolute atomic E-state index is 0.306. The van der Waals surface area contributed by atoms with Gasteiger partial charge in [0.25, 0.3) is 0 Å². The molecule has 1 aromatic rings. The van der Waals surface area contributed by atoms with Gasteiger partial charge in [-0.2, -0.15) is 0 Å². The largest absolute Gasteiger partial charge is 0.307 e. The van der Waals surface area contributed by atoms with Gasteiger partial charge < -0.3 is 5.32 Å². The van der Waals surface area contributed by atoms with Gasteiger partial charge in [0.1, 0.15) is 0 Å². The van der Waals surface area contributed by atoms with Crippen LogP contribution in [0.25, 0.3) is 0 Å². The molecule has 0 aliphatic carbocycles. The first kappa shape index (κ1) is 13.5. The fourth-order valence-corrected chi connectivity index (χ4v) is 2.15. The second kappa shape index (κ2) is 6.87. The highest BCUT2D eigenvalue weighted by molar-refractivity contribution is 9.10. The van der Waals surface area contributed by atoms with Crippen molar-refractivity contribution in [1.82, 2.24) is 5.32 Å². The molecule has 2 heteroatoms. The highest BCUT2D eigenvalue weighted by atomic mass is 79.9. The van der Waals surface area contributed by atoms with Gasteiger partial charge in [-0.3, -0.25) is 0 Å². The first-order valence-corrected chi connectivity index (χ1v) is 6.57. The molecule has 0 aromatic heterocycles. The molecular weight excluding hydrogens is 262 g/mol. The summed E-state index contributed by atoms with van der Waals surface area (Å²) in [5.74, 6) is 0. The third-order valence-corrected chi connectivity index (χ3v) is 3.08. The molecular formula is C14H20BrN. The maximum Gasteiger partial charge on any atom is 0.0519 e. The molecule has 0 amide bonds. The van der Waals surface area contributed by atoms with Crippen molar-refractivity contribution in [3.8, 4) is 0 Å². The van der Waals surface area contributed by atoms with E-state index in [2.05, 4.69) is 66.3 Å². The monoisotopic (exact) mass is 281 g/mol. The molecule has 0 bridgehead atoms. The second-order valence-electron chi connectivity index (χ2n) is 4.20. The van der Waals surface area contributed by atoms with E-state index in [1.807, 2.05) is 6.07 Å². The van der Waals surface area contributed by atoms with E-state index >= 15 is 0 Å². The summed E-state index contributed by atoms with van der Waals surface area (Å²) < 4.78 is 1.17. The lowest BCUT2D eigenvalue weighted by Crippen LogP contribution is -2.21. The topological polar surface area (TPSA) is 12.0 Å². The molecule has 0 fully saturated rings. The van der Waals surface area contributed by atoms with Crippen molar-refractivity contribution < 1.29 is 0 Å². The molecule has 1 atom stereocenters. The number of allylic oxidation sites excluding steroid dienone is 1. The first-order chi connectivity index (χ1) is 7.65. The van der Waals surface area contributed by atoms with Crippen molar-refractivity contribution in [3.63, 3.8) is 0 Å². The lowest BCUT2D eigenvalue weighted by molar-refractivity contribution is 0.608. The lowest BCUT2D eigenvalue weighted by atomic mass is 10.0. The summed E-state index contributed by atoms with van der Waals surface area (Å²) in [6.45, 7) is 7.50. The van der Waals surface area contributed by atoms with Crippen molar-refractivity contribution in [2.24, 2.45) is 0 Å². The maximum absolute atomic E-state index is 3.61. The molecule has 0 spiro atoms. The molecule has 1 aromatic carbocycles. The Bertz CT molecular complexity index is 354. The van der Waals surface area contributed by atoms with Gasteiger partial charge in [-0.1, -0.05) is 52.7 Å². The molecule has 1 N–H and O–H groups in total. The highest BCUT2D eigenvalue weighted by Crippen LogP contribution is 2.24. The van der Waals surface area contributed by atoms with Crippen molar-refractivity contribution in [3.05, 3.63) is 46.0 Å². The van der Waals surface area contributed by atoms with Crippen LogP contribution in [0.2, 0.25) is 0 Å². The van der Waals surface area contributed by atoms with Gasteiger partial charge in [0.15, 0.2) is 0 Å². The summed E-state index contributed by atoms with van der Waals surface area (Å²) in [5.41, 5.74) is 2.64. The molecule has 0 saturated heterocycles. The maximum atomic E-state index is 3.61. The van der Waals surface area contributed by atoms with Crippen molar-refractivity contribution >= 4 is 15.9 Å². The van der Waals surface area contributed by atoms with E-state index in [0.29, 0.717) is 6.04 Å². The van der Waals surface area contributed by atoms with Crippen LogP contribution >= 0.6 is 15.9 Å². The minimum atomic E-state index is 0.306. The van der Waals surface area contributed by atoms with Gasteiger partial charge in [0.2, 0.25) is 0 Å². The minimum Gasteiger partial charge on any atom is -0.307 e. The summed E-state index contributed by atoms with van der Waals surface area (Å²) in [4.78, 5) is 0. The second-order valence-corrected chi connectivity index (χ2v) is 5.05. The van der Waals surface area contributed by atoms with Gasteiger partial charge in [-0.05, 0) is 38.4 Å². The first-order valence-electron chi connectivity index (χ1n) is 5.78. The van der Waals surface area contributed by atoms with Crippen molar-refractivity contribution in [2.45, 2.75) is 33.2 Å². The van der Waals surface area contributed by atoms with Crippen molar-refractivity contribution in [1.29, 1.82) is 0 Å². The van der Waals surface area contributed by atoms with E-state index in [9.17, 15) is 0 Å². The van der Waals surface area contributed by atoms with E-state index < -0.39 is 0 Å². The number of rotatable bonds is 5. The zero-order valence-corrected chi connectivity index (χ0v) is 11.8. The van der Waals surface area contributed by atoms with Crippen molar-refractivity contribution in [2.75, 3.05) is 6.54 Å². The standard InChI is InChI=1S/C14H20BrN/c1-4-9-16-14(10-11(2)3)12-7-5-6-8-13(12)15/h5-8,10,14,16H,4,9H2,1-3H3. The zero-order chi connectivity index (χ0) is 12.0. The van der Waals surface area contributed by atoms with Gasteiger partial charge in [0, 0.05) is 4.47 Å². The van der Waals surface area contributed by atoms with E-state index in [1.165, 1.54) is 15.6 Å². The summed E-state index contributed by atoms with van der Waals surface area (Å²) in [5, 5.41) is 3.55. The van der Waals surface area contributed by atoms with Gasteiger partial charge >= 0.3 is 0 Å². The predicted molar refractivity (Wildman–Crippen MR) is 74.6 cm³/mol. The summed E-state index contributed by atoms with van der Waals surface area (Å²) in [6, 6.07) is 8.69. The van der Waals surface area contributed by atoms with Crippen LogP contribution in [0.1, 0.15) is 38.8 Å². The number of hydrogen-bond donors (Lipinski definition) is 1. The molecule has 0 radical (unpaired) electrons. The Morgan fingerprint density at radius 3 is 2.62 bits per heavy atom. The Kier molecular flexibility index (Phi) is 5.78. The Balaban J connectivity index is 2.92. The van der Waals surface area contributed by atoms with Gasteiger partial charge in [-0.15, -0.1) is 0 Å². The number of nitrogens with one attached hydrogen (secondary N) is 1. The molecule has 0 saturated carbocycles. The normalized spacial score (nSPS) is 12.2. The molecule has 1 nitrogen and oxygen atoms in total. The molecule has 88 valence electrons. The zero-order valence-electron chi connectivity index (χ0n) is 10.3. The van der Waals surface area contributed by atoms with Crippen LogP contribution < -0.4 is 5.32 Å². The Labute approximate surface area is 107 Å². The smallest absolute Gasteiger partial charge is 0.0519 e. The third-order valence-electron chi connectivity index (χ3n) is 2.35. The van der Waals surface area contributed by atoms with Crippen LogP contribution in [-0.4, -0.2) is 6.54 Å². The fourth-order valence-electron chi connectivity index (χ4n) is 1.62. The third kappa shape index (κ3) is 4.11. The number of benzene rings is 1. The average Bonchev–Trinajstić information content (AvgIpc) is 2.24. The van der Waals surface area contributed by atoms with Crippen LogP contribution in [0.4, 0.5) is 0 Å². The summed E-state index contributed by atoms with van der Waals surface area (Å²) in [6.07, 6.45) is 3.42. The molecule has 0 aliphatic heterocycles. The quantitative estimate of drug-likeness (QED) is 0.786. The highest BCUT2D eigenvalue weighted by Gasteiger charge is 2.10. The molecule has 1 rings (SSSR count). The van der Waals surface area contributed by atoms with Crippen LogP contribution in [0.5, 0.6) is 0 Å². The molecule has 16 heavy (non-hydrogen) atoms. The van der Waals surface area contributed by atoms with Crippen LogP contribution in [0.3, 0.4) is 0 Å². The van der Waals surface area contributed by atoms with Gasteiger partial charge in [0.05, 0.1) is 6.04 Å². The number of halogens is 1. The lowest BCUT2D eigenvalue weighted by Gasteiger charge is -2.17. The molecule has 1 unspecified atom stereocenters. The average molecular weight is 282 g/mol. The van der Waals surface area contributed by atoms with E-state index in [4.69, 9.17) is 0 Å². The SMILES string of the molecule is CCCNC(C=C(C)C)c1ccccc1Br. The Morgan fingerprint density at radius 2 is 2.06 bits per heavy atom. The molecule has 0 aliphatic rings. The molecule has 0 heterocycles. The van der Waals surface area contributed by atoms with Gasteiger partial charge in [-0.25, -0.2) is 0 Å².